The van der Waals surface area contributed by atoms with Crippen LogP contribution in [0.1, 0.15) is 19.8 Å². The summed E-state index contributed by atoms with van der Waals surface area (Å²) in [4.78, 5) is 1.55. The third kappa shape index (κ3) is 1.65. The van der Waals surface area contributed by atoms with Gasteiger partial charge in [0.1, 0.15) is 4.28 Å². The van der Waals surface area contributed by atoms with E-state index in [2.05, 4.69) is 34.2 Å². The number of allylic oxidation sites excluding steroid dienone is 1. The normalized spacial score (nSPS) is 43.5. The summed E-state index contributed by atoms with van der Waals surface area (Å²) in [5.41, 5.74) is 0. The maximum Gasteiger partial charge on any atom is 0.114 e. The first-order valence-electron chi connectivity index (χ1n) is 4.04. The second kappa shape index (κ2) is 3.11. The van der Waals surface area contributed by atoms with E-state index in [4.69, 9.17) is 0 Å². The van der Waals surface area contributed by atoms with Gasteiger partial charge in [-0.1, -0.05) is 40.7 Å². The first-order chi connectivity index (χ1) is 5.25. The molecule has 0 saturated carbocycles. The molecule has 0 aromatic carbocycles. The van der Waals surface area contributed by atoms with Gasteiger partial charge in [0.05, 0.1) is 0 Å². The Morgan fingerprint density at radius 2 is 2.45 bits per heavy atom. The molecule has 11 heavy (non-hydrogen) atoms. The van der Waals surface area contributed by atoms with E-state index in [-0.39, 0.29) is 0 Å². The van der Waals surface area contributed by atoms with Gasteiger partial charge in [0.15, 0.2) is 0 Å². The van der Waals surface area contributed by atoms with E-state index in [0.717, 1.165) is 5.92 Å². The van der Waals surface area contributed by atoms with E-state index in [1.165, 1.54) is 12.8 Å². The minimum Gasteiger partial charge on any atom is -0.289 e. The fraction of sp³-hybridized carbons (Fsp3) is 0.750. The van der Waals surface area contributed by atoms with Gasteiger partial charge in [-0.2, -0.15) is 0 Å². The molecule has 0 radical (unpaired) electrons. The molecule has 2 rings (SSSR count). The van der Waals surface area contributed by atoms with Crippen molar-refractivity contribution in [1.82, 2.24) is 5.32 Å². The highest BCUT2D eigenvalue weighted by Gasteiger charge is 2.30. The van der Waals surface area contributed by atoms with Crippen LogP contribution in [-0.4, -0.2) is 10.3 Å². The fourth-order valence-electron chi connectivity index (χ4n) is 1.65. The molecular weight excluding hydrogens is 222 g/mol. The van der Waals surface area contributed by atoms with Crippen molar-refractivity contribution in [3.63, 3.8) is 0 Å². The van der Waals surface area contributed by atoms with Crippen LogP contribution in [-0.2, 0) is 0 Å². The van der Waals surface area contributed by atoms with Crippen LogP contribution in [0.25, 0.3) is 0 Å². The minimum absolute atomic E-state index is 0.448. The summed E-state index contributed by atoms with van der Waals surface area (Å²) in [6, 6.07) is 0.653. The summed E-state index contributed by atoms with van der Waals surface area (Å²) < 4.78 is 0.448. The molecule has 0 bridgehead atoms. The van der Waals surface area contributed by atoms with Gasteiger partial charge >= 0.3 is 0 Å². The molecule has 0 amide bonds. The Morgan fingerprint density at radius 1 is 1.64 bits per heavy atom. The van der Waals surface area contributed by atoms with Crippen molar-refractivity contribution in [1.29, 1.82) is 0 Å². The molecule has 1 saturated heterocycles. The van der Waals surface area contributed by atoms with Crippen LogP contribution in [0, 0.1) is 5.92 Å². The van der Waals surface area contributed by atoms with Crippen LogP contribution in [0.15, 0.2) is 11.0 Å². The summed E-state index contributed by atoms with van der Waals surface area (Å²) in [7, 11) is 0. The van der Waals surface area contributed by atoms with Crippen molar-refractivity contribution in [2.24, 2.45) is 5.92 Å². The first kappa shape index (κ1) is 8.14. The Morgan fingerprint density at radius 3 is 3.27 bits per heavy atom. The maximum absolute atomic E-state index is 3.56. The molecule has 3 atom stereocenters. The standard InChI is InChI=1S/C8H12BrNS/c1-5-2-3-6-7(4-5)11-8(9)10-6/h4-6,8,10H,2-3H2,1H3. The number of hydrogen-bond donors (Lipinski definition) is 1. The number of hydrogen-bond acceptors (Lipinski definition) is 2. The predicted molar refractivity (Wildman–Crippen MR) is 53.7 cm³/mol. The van der Waals surface area contributed by atoms with Crippen molar-refractivity contribution < 1.29 is 0 Å². The molecule has 3 heteroatoms. The van der Waals surface area contributed by atoms with Crippen molar-refractivity contribution in [3.8, 4) is 0 Å². The molecule has 1 fully saturated rings. The number of rotatable bonds is 0. The molecule has 62 valence electrons. The number of thioether (sulfide) groups is 1. The van der Waals surface area contributed by atoms with Crippen LogP contribution in [0.5, 0.6) is 0 Å². The van der Waals surface area contributed by atoms with Crippen molar-refractivity contribution in [3.05, 3.63) is 11.0 Å². The molecule has 2 aliphatic rings. The molecule has 1 aliphatic heterocycles. The lowest BCUT2D eigenvalue weighted by Crippen LogP contribution is -2.28. The lowest BCUT2D eigenvalue weighted by Gasteiger charge is -2.20. The average molecular weight is 234 g/mol. The predicted octanol–water partition coefficient (Wildman–Crippen LogP) is 2.68. The van der Waals surface area contributed by atoms with Gasteiger partial charge in [0, 0.05) is 10.9 Å². The zero-order chi connectivity index (χ0) is 7.84. The highest BCUT2D eigenvalue weighted by Crippen LogP contribution is 2.40. The quantitative estimate of drug-likeness (QED) is 0.511. The van der Waals surface area contributed by atoms with Crippen LogP contribution in [0.2, 0.25) is 0 Å². The van der Waals surface area contributed by atoms with Gasteiger partial charge < -0.3 is 0 Å². The third-order valence-corrected chi connectivity index (χ3v) is 4.14. The summed E-state index contributed by atoms with van der Waals surface area (Å²) in [5.74, 6) is 0.786. The Hall–Kier alpha value is 0.530. The molecule has 1 heterocycles. The van der Waals surface area contributed by atoms with E-state index >= 15 is 0 Å². The summed E-state index contributed by atoms with van der Waals surface area (Å²) in [5, 5.41) is 3.49. The third-order valence-electron chi connectivity index (χ3n) is 2.27. The Balaban J connectivity index is 2.14. The van der Waals surface area contributed by atoms with E-state index in [1.54, 1.807) is 4.91 Å². The van der Waals surface area contributed by atoms with Crippen molar-refractivity contribution in [2.45, 2.75) is 30.1 Å². The molecule has 0 aromatic heterocycles. The van der Waals surface area contributed by atoms with E-state index in [1.807, 2.05) is 11.8 Å². The zero-order valence-electron chi connectivity index (χ0n) is 6.51. The van der Waals surface area contributed by atoms with Crippen molar-refractivity contribution in [2.75, 3.05) is 0 Å². The maximum atomic E-state index is 3.56. The lowest BCUT2D eigenvalue weighted by atomic mass is 9.94. The van der Waals surface area contributed by atoms with Crippen LogP contribution < -0.4 is 5.32 Å². The van der Waals surface area contributed by atoms with Gasteiger partial charge in [0.2, 0.25) is 0 Å². The summed E-state index contributed by atoms with van der Waals surface area (Å²) >= 11 is 5.48. The highest BCUT2D eigenvalue weighted by atomic mass is 79.9. The topological polar surface area (TPSA) is 12.0 Å². The number of nitrogens with one attached hydrogen (secondary N) is 1. The second-order valence-corrected chi connectivity index (χ2v) is 5.98. The number of halogens is 1. The summed E-state index contributed by atoms with van der Waals surface area (Å²) in [6.45, 7) is 2.30. The van der Waals surface area contributed by atoms with Gasteiger partial charge in [-0.15, -0.1) is 0 Å². The first-order valence-corrected chi connectivity index (χ1v) is 5.84. The minimum atomic E-state index is 0.448. The van der Waals surface area contributed by atoms with Gasteiger partial charge in [-0.25, -0.2) is 0 Å². The second-order valence-electron chi connectivity index (χ2n) is 3.28. The van der Waals surface area contributed by atoms with E-state index < -0.39 is 0 Å². The highest BCUT2D eigenvalue weighted by molar-refractivity contribution is 9.11. The van der Waals surface area contributed by atoms with Crippen LogP contribution >= 0.6 is 27.7 Å². The molecule has 3 unspecified atom stereocenters. The fourth-order valence-corrected chi connectivity index (χ4v) is 3.75. The molecular formula is C8H12BrNS. The van der Waals surface area contributed by atoms with E-state index in [0.29, 0.717) is 10.3 Å². The van der Waals surface area contributed by atoms with Crippen LogP contribution in [0.4, 0.5) is 0 Å². The Kier molecular flexibility index (Phi) is 2.30. The summed E-state index contributed by atoms with van der Waals surface area (Å²) in [6.07, 6.45) is 5.05. The molecule has 1 aliphatic carbocycles. The zero-order valence-corrected chi connectivity index (χ0v) is 8.91. The van der Waals surface area contributed by atoms with Gasteiger partial charge in [-0.3, -0.25) is 5.32 Å². The molecule has 1 nitrogen and oxygen atoms in total. The number of fused-ring (bicyclic) bond motifs is 1. The number of alkyl halides is 1. The molecule has 0 spiro atoms. The monoisotopic (exact) mass is 233 g/mol. The largest absolute Gasteiger partial charge is 0.289 e. The molecule has 1 N–H and O–H groups in total. The average Bonchev–Trinajstić information content (AvgIpc) is 2.27. The lowest BCUT2D eigenvalue weighted by molar-refractivity contribution is 0.495. The molecule has 0 aromatic rings. The van der Waals surface area contributed by atoms with Gasteiger partial charge in [-0.05, 0) is 18.8 Å². The van der Waals surface area contributed by atoms with Crippen LogP contribution in [0.3, 0.4) is 0 Å². The Labute approximate surface area is 80.1 Å². The Bertz CT molecular complexity index is 193. The van der Waals surface area contributed by atoms with Crippen molar-refractivity contribution >= 4 is 27.7 Å². The van der Waals surface area contributed by atoms with Gasteiger partial charge in [0.25, 0.3) is 0 Å². The smallest absolute Gasteiger partial charge is 0.114 e. The van der Waals surface area contributed by atoms with E-state index in [9.17, 15) is 0 Å². The SMILES string of the molecule is CC1C=C2SC(Br)NC2CC1.